The van der Waals surface area contributed by atoms with Crippen molar-refractivity contribution in [2.75, 3.05) is 18.6 Å². The zero-order valence-electron chi connectivity index (χ0n) is 18.8. The fourth-order valence-corrected chi connectivity index (χ4v) is 3.77. The summed E-state index contributed by atoms with van der Waals surface area (Å²) in [6.07, 6.45) is -0.468. The molecule has 1 fully saturated rings. The van der Waals surface area contributed by atoms with Crippen LogP contribution in [-0.4, -0.2) is 36.1 Å². The summed E-state index contributed by atoms with van der Waals surface area (Å²) in [5.41, 5.74) is -0.310. The van der Waals surface area contributed by atoms with Gasteiger partial charge in [0.15, 0.2) is 17.8 Å². The number of anilines is 2. The van der Waals surface area contributed by atoms with Crippen LogP contribution in [-0.2, 0) is 17.5 Å². The second kappa shape index (κ2) is 10.2. The summed E-state index contributed by atoms with van der Waals surface area (Å²) in [4.78, 5) is 17.3. The number of carboxylic acids is 1. The lowest BCUT2D eigenvalue weighted by molar-refractivity contribution is -0.137. The van der Waals surface area contributed by atoms with E-state index in [9.17, 15) is 23.1 Å². The Balaban J connectivity index is 1.82. The predicted molar refractivity (Wildman–Crippen MR) is 121 cm³/mol. The SMILES string of the molecule is COc1ccc(N(Cc2cccnc2)c2cc(C(=O)O)cc(C(F)(F)F)c2)cc1OC1CCCO1. The minimum absolute atomic E-state index is 0.0503. The van der Waals surface area contributed by atoms with Gasteiger partial charge in [0.25, 0.3) is 0 Å². The zero-order valence-corrected chi connectivity index (χ0v) is 18.8. The second-order valence-corrected chi connectivity index (χ2v) is 7.91. The number of aromatic nitrogens is 1. The van der Waals surface area contributed by atoms with E-state index in [-0.39, 0.29) is 12.2 Å². The van der Waals surface area contributed by atoms with Gasteiger partial charge in [-0.25, -0.2) is 4.79 Å². The van der Waals surface area contributed by atoms with E-state index in [0.29, 0.717) is 41.8 Å². The van der Waals surface area contributed by atoms with Crippen molar-refractivity contribution < 1.29 is 37.3 Å². The van der Waals surface area contributed by atoms with Crippen LogP contribution in [0.1, 0.15) is 34.3 Å². The highest BCUT2D eigenvalue weighted by Gasteiger charge is 2.33. The van der Waals surface area contributed by atoms with E-state index in [0.717, 1.165) is 12.5 Å². The van der Waals surface area contributed by atoms with E-state index >= 15 is 0 Å². The standard InChI is InChI=1S/C25H23F3N2O5/c1-33-21-7-6-19(13-22(21)35-23-5-3-9-34-23)30(15-16-4-2-8-29-14-16)20-11-17(24(31)32)10-18(12-20)25(26,27)28/h2,4,6-8,10-14,23H,3,5,9,15H2,1H3,(H,31,32). The molecule has 2 aromatic carbocycles. The molecule has 4 rings (SSSR count). The Morgan fingerprint density at radius 3 is 2.63 bits per heavy atom. The van der Waals surface area contributed by atoms with Gasteiger partial charge in [0.1, 0.15) is 0 Å². The quantitative estimate of drug-likeness (QED) is 0.438. The van der Waals surface area contributed by atoms with Crippen LogP contribution in [0, 0.1) is 0 Å². The van der Waals surface area contributed by atoms with E-state index in [1.165, 1.54) is 13.2 Å². The summed E-state index contributed by atoms with van der Waals surface area (Å²) < 4.78 is 57.8. The molecule has 7 nitrogen and oxygen atoms in total. The number of rotatable bonds is 8. The number of alkyl halides is 3. The Labute approximate surface area is 199 Å². The maximum absolute atomic E-state index is 13.6. The molecule has 1 aliphatic heterocycles. The van der Waals surface area contributed by atoms with Crippen molar-refractivity contribution in [2.24, 2.45) is 0 Å². The molecule has 0 aliphatic carbocycles. The highest BCUT2D eigenvalue weighted by molar-refractivity contribution is 5.89. The number of carbonyl (C=O) groups is 1. The van der Waals surface area contributed by atoms with Gasteiger partial charge in [0.2, 0.25) is 0 Å². The normalized spacial score (nSPS) is 15.6. The molecule has 0 bridgehead atoms. The predicted octanol–water partition coefficient (Wildman–Crippen LogP) is 5.66. The van der Waals surface area contributed by atoms with Crippen molar-refractivity contribution in [3.05, 3.63) is 77.6 Å². The first-order valence-electron chi connectivity index (χ1n) is 10.8. The molecule has 1 aliphatic rings. The smallest absolute Gasteiger partial charge is 0.416 e. The summed E-state index contributed by atoms with van der Waals surface area (Å²) >= 11 is 0. The molecule has 0 amide bonds. The van der Waals surface area contributed by atoms with Crippen LogP contribution in [0.2, 0.25) is 0 Å². The number of hydrogen-bond acceptors (Lipinski definition) is 6. The van der Waals surface area contributed by atoms with E-state index in [1.54, 1.807) is 47.6 Å². The largest absolute Gasteiger partial charge is 0.493 e. The van der Waals surface area contributed by atoms with Gasteiger partial charge in [-0.3, -0.25) is 4.98 Å². The first kappa shape index (κ1) is 24.3. The molecule has 1 unspecified atom stereocenters. The number of halogens is 3. The van der Waals surface area contributed by atoms with Gasteiger partial charge in [0, 0.05) is 42.8 Å². The lowest BCUT2D eigenvalue weighted by Crippen LogP contribution is -2.19. The Hall–Kier alpha value is -3.79. The molecule has 2 heterocycles. The molecule has 184 valence electrons. The van der Waals surface area contributed by atoms with Gasteiger partial charge in [-0.05, 0) is 48.4 Å². The van der Waals surface area contributed by atoms with E-state index in [4.69, 9.17) is 14.2 Å². The van der Waals surface area contributed by atoms with Crippen molar-refractivity contribution in [1.29, 1.82) is 0 Å². The number of nitrogens with zero attached hydrogens (tertiary/aromatic N) is 2. The molecule has 1 aromatic heterocycles. The fourth-order valence-electron chi connectivity index (χ4n) is 3.77. The third-order valence-electron chi connectivity index (χ3n) is 5.47. The maximum Gasteiger partial charge on any atom is 0.416 e. The molecule has 10 heteroatoms. The average molecular weight is 488 g/mol. The molecule has 0 spiro atoms. The van der Waals surface area contributed by atoms with E-state index < -0.39 is 29.6 Å². The molecule has 0 radical (unpaired) electrons. The zero-order chi connectivity index (χ0) is 25.0. The van der Waals surface area contributed by atoms with Gasteiger partial charge in [-0.1, -0.05) is 6.07 Å². The molecular formula is C25H23F3N2O5. The molecule has 35 heavy (non-hydrogen) atoms. The lowest BCUT2D eigenvalue weighted by atomic mass is 10.1. The highest BCUT2D eigenvalue weighted by Crippen LogP contribution is 2.39. The van der Waals surface area contributed by atoms with Crippen LogP contribution in [0.3, 0.4) is 0 Å². The Bertz CT molecular complexity index is 1180. The number of benzene rings is 2. The molecular weight excluding hydrogens is 465 g/mol. The topological polar surface area (TPSA) is 81.1 Å². The van der Waals surface area contributed by atoms with Crippen LogP contribution >= 0.6 is 0 Å². The van der Waals surface area contributed by atoms with Crippen LogP contribution in [0.4, 0.5) is 24.5 Å². The van der Waals surface area contributed by atoms with Crippen LogP contribution in [0.25, 0.3) is 0 Å². The minimum Gasteiger partial charge on any atom is -0.493 e. The summed E-state index contributed by atoms with van der Waals surface area (Å²) in [6.45, 7) is 0.696. The summed E-state index contributed by atoms with van der Waals surface area (Å²) in [6, 6.07) is 11.2. The number of aromatic carboxylic acids is 1. The van der Waals surface area contributed by atoms with Gasteiger partial charge in [-0.15, -0.1) is 0 Å². The third-order valence-corrected chi connectivity index (χ3v) is 5.47. The van der Waals surface area contributed by atoms with E-state index in [1.807, 2.05) is 0 Å². The van der Waals surface area contributed by atoms with Crippen LogP contribution in [0.5, 0.6) is 11.5 Å². The minimum atomic E-state index is -4.73. The van der Waals surface area contributed by atoms with Gasteiger partial charge in [0.05, 0.1) is 24.8 Å². The number of carboxylic acid groups (broad SMARTS) is 1. The fraction of sp³-hybridized carbons (Fsp3) is 0.280. The Kier molecular flexibility index (Phi) is 7.11. The molecule has 1 saturated heterocycles. The monoisotopic (exact) mass is 488 g/mol. The Morgan fingerprint density at radius 1 is 1.17 bits per heavy atom. The second-order valence-electron chi connectivity index (χ2n) is 7.91. The molecule has 1 N–H and O–H groups in total. The van der Waals surface area contributed by atoms with Crippen LogP contribution in [0.15, 0.2) is 60.9 Å². The van der Waals surface area contributed by atoms with Crippen molar-refractivity contribution in [3.8, 4) is 11.5 Å². The van der Waals surface area contributed by atoms with Gasteiger partial charge < -0.3 is 24.2 Å². The molecule has 1 atom stereocenters. The third kappa shape index (κ3) is 5.83. The van der Waals surface area contributed by atoms with Crippen molar-refractivity contribution in [1.82, 2.24) is 4.98 Å². The van der Waals surface area contributed by atoms with E-state index in [2.05, 4.69) is 4.98 Å². The number of methoxy groups -OCH3 is 1. The summed E-state index contributed by atoms with van der Waals surface area (Å²) in [7, 11) is 1.48. The van der Waals surface area contributed by atoms with Crippen molar-refractivity contribution in [2.45, 2.75) is 31.9 Å². The number of hydrogen-bond donors (Lipinski definition) is 1. The Morgan fingerprint density at radius 2 is 2.00 bits per heavy atom. The average Bonchev–Trinajstić information content (AvgIpc) is 3.35. The highest BCUT2D eigenvalue weighted by atomic mass is 19.4. The van der Waals surface area contributed by atoms with Gasteiger partial charge in [-0.2, -0.15) is 13.2 Å². The van der Waals surface area contributed by atoms with Crippen molar-refractivity contribution in [3.63, 3.8) is 0 Å². The first-order valence-corrected chi connectivity index (χ1v) is 10.8. The maximum atomic E-state index is 13.6. The molecule has 3 aromatic rings. The number of ether oxygens (including phenoxy) is 3. The van der Waals surface area contributed by atoms with Gasteiger partial charge >= 0.3 is 12.1 Å². The summed E-state index contributed by atoms with van der Waals surface area (Å²) in [5, 5.41) is 9.47. The summed E-state index contributed by atoms with van der Waals surface area (Å²) in [5.74, 6) is -0.671. The van der Waals surface area contributed by atoms with Crippen LogP contribution < -0.4 is 14.4 Å². The lowest BCUT2D eigenvalue weighted by Gasteiger charge is -2.27. The first-order chi connectivity index (χ1) is 16.7. The number of pyridine rings is 1. The molecule has 0 saturated carbocycles. The van der Waals surface area contributed by atoms with Crippen molar-refractivity contribution >= 4 is 17.3 Å².